The van der Waals surface area contributed by atoms with Crippen molar-refractivity contribution in [3.63, 3.8) is 0 Å². The number of nitrogens with two attached hydrogens (primary N) is 1. The normalized spacial score (nSPS) is 27.4. The van der Waals surface area contributed by atoms with Crippen molar-refractivity contribution in [2.24, 2.45) is 5.73 Å². The van der Waals surface area contributed by atoms with Gasteiger partial charge in [-0.25, -0.2) is 4.37 Å². The van der Waals surface area contributed by atoms with Gasteiger partial charge in [-0.2, -0.15) is 0 Å². The highest BCUT2D eigenvalue weighted by Crippen LogP contribution is 2.44. The number of rotatable bonds is 2. The van der Waals surface area contributed by atoms with E-state index in [9.17, 15) is 5.11 Å². The Morgan fingerprint density at radius 1 is 1.28 bits per heavy atom. The van der Waals surface area contributed by atoms with E-state index in [1.54, 1.807) is 6.20 Å². The molecule has 0 radical (unpaired) electrons. The molecule has 1 spiro atoms. The Kier molecular flexibility index (Phi) is 3.15. The van der Waals surface area contributed by atoms with Crippen LogP contribution in [-0.4, -0.2) is 34.1 Å². The van der Waals surface area contributed by atoms with Crippen molar-refractivity contribution in [1.82, 2.24) is 4.37 Å². The Morgan fingerprint density at radius 2 is 1.94 bits per heavy atom. The summed E-state index contributed by atoms with van der Waals surface area (Å²) in [7, 11) is 0. The van der Waals surface area contributed by atoms with Gasteiger partial charge in [0.25, 0.3) is 0 Å². The van der Waals surface area contributed by atoms with Crippen LogP contribution in [0.25, 0.3) is 0 Å². The number of aliphatic hydroxyl groups is 1. The van der Waals surface area contributed by atoms with Crippen LogP contribution >= 0.6 is 11.5 Å². The van der Waals surface area contributed by atoms with Crippen LogP contribution in [-0.2, 0) is 9.47 Å². The van der Waals surface area contributed by atoms with Crippen molar-refractivity contribution >= 4 is 11.5 Å². The first-order chi connectivity index (χ1) is 8.64. The highest BCUT2D eigenvalue weighted by molar-refractivity contribution is 7.03. The van der Waals surface area contributed by atoms with Crippen LogP contribution in [0.1, 0.15) is 37.3 Å². The van der Waals surface area contributed by atoms with Gasteiger partial charge in [0.2, 0.25) is 0 Å². The zero-order valence-corrected chi connectivity index (χ0v) is 11.0. The molecule has 2 heterocycles. The van der Waals surface area contributed by atoms with E-state index < -0.39 is 11.4 Å². The van der Waals surface area contributed by atoms with Crippen LogP contribution in [0.15, 0.2) is 11.6 Å². The Balaban J connectivity index is 1.70. The molecule has 5 nitrogen and oxygen atoms in total. The number of aromatic nitrogens is 1. The average molecular weight is 270 g/mol. The summed E-state index contributed by atoms with van der Waals surface area (Å²) in [5.74, 6) is -0.459. The molecule has 1 aliphatic heterocycles. The number of hydrogen-bond acceptors (Lipinski definition) is 6. The summed E-state index contributed by atoms with van der Waals surface area (Å²) in [6.07, 6.45) is 4.35. The lowest BCUT2D eigenvalue weighted by Crippen LogP contribution is -2.49. The molecular weight excluding hydrogens is 252 g/mol. The molecule has 3 N–H and O–H groups in total. The predicted molar refractivity (Wildman–Crippen MR) is 67.1 cm³/mol. The second kappa shape index (κ2) is 4.54. The van der Waals surface area contributed by atoms with Crippen LogP contribution < -0.4 is 5.73 Å². The zero-order chi connectivity index (χ0) is 12.6. The highest BCUT2D eigenvalue weighted by atomic mass is 32.1. The smallest absolute Gasteiger partial charge is 0.168 e. The van der Waals surface area contributed by atoms with Gasteiger partial charge in [0.1, 0.15) is 0 Å². The molecule has 1 aliphatic carbocycles. The Bertz CT molecular complexity index is 393. The summed E-state index contributed by atoms with van der Waals surface area (Å²) < 4.78 is 15.4. The van der Waals surface area contributed by atoms with E-state index in [1.165, 1.54) is 11.5 Å². The fraction of sp³-hybridized carbons (Fsp3) is 0.750. The summed E-state index contributed by atoms with van der Waals surface area (Å²) in [6.45, 7) is 1.30. The minimum Gasteiger partial charge on any atom is -0.388 e. The first-order valence-corrected chi connectivity index (χ1v) is 7.12. The lowest BCUT2D eigenvalue weighted by Gasteiger charge is -2.43. The molecule has 1 saturated heterocycles. The van der Waals surface area contributed by atoms with Crippen molar-refractivity contribution in [3.05, 3.63) is 17.1 Å². The molecule has 1 unspecified atom stereocenters. The minimum atomic E-state index is -0.872. The van der Waals surface area contributed by atoms with Gasteiger partial charge >= 0.3 is 0 Å². The Hall–Kier alpha value is -0.530. The largest absolute Gasteiger partial charge is 0.388 e. The van der Waals surface area contributed by atoms with Gasteiger partial charge in [-0.15, -0.1) is 0 Å². The summed E-state index contributed by atoms with van der Waals surface area (Å²) in [5, 5.41) is 12.6. The van der Waals surface area contributed by atoms with Crippen molar-refractivity contribution in [2.45, 2.75) is 43.1 Å². The van der Waals surface area contributed by atoms with Crippen molar-refractivity contribution in [1.29, 1.82) is 0 Å². The van der Waals surface area contributed by atoms with E-state index in [0.717, 1.165) is 5.56 Å². The van der Waals surface area contributed by atoms with Gasteiger partial charge in [0, 0.05) is 30.0 Å². The molecule has 2 aliphatic rings. The molecule has 100 valence electrons. The molecule has 0 aromatic carbocycles. The van der Waals surface area contributed by atoms with E-state index in [1.807, 2.05) is 5.38 Å². The number of hydrogen-bond donors (Lipinski definition) is 2. The Labute approximate surface area is 110 Å². The summed E-state index contributed by atoms with van der Waals surface area (Å²) >= 11 is 1.36. The maximum atomic E-state index is 10.7. The third kappa shape index (κ3) is 2.08. The molecule has 2 fully saturated rings. The first kappa shape index (κ1) is 12.5. The summed E-state index contributed by atoms with van der Waals surface area (Å²) in [4.78, 5) is 0. The quantitative estimate of drug-likeness (QED) is 0.844. The maximum Gasteiger partial charge on any atom is 0.168 e. The lowest BCUT2D eigenvalue weighted by atomic mass is 9.75. The van der Waals surface area contributed by atoms with Gasteiger partial charge in [-0.1, -0.05) is 0 Å². The topological polar surface area (TPSA) is 77.6 Å². The van der Waals surface area contributed by atoms with Crippen LogP contribution in [0.4, 0.5) is 0 Å². The van der Waals surface area contributed by atoms with Crippen LogP contribution in [0.2, 0.25) is 0 Å². The standard InChI is InChI=1S/C12H18N2O3S/c13-10(9-7-14-18-8-9)11(15)1-3-12(4-2-11)16-5-6-17-12/h7-8,10,15H,1-6,13H2. The van der Waals surface area contributed by atoms with E-state index >= 15 is 0 Å². The summed E-state index contributed by atoms with van der Waals surface area (Å²) in [5.41, 5.74) is 6.21. The van der Waals surface area contributed by atoms with Crippen LogP contribution in [0.5, 0.6) is 0 Å². The maximum absolute atomic E-state index is 10.7. The van der Waals surface area contributed by atoms with Crippen LogP contribution in [0.3, 0.4) is 0 Å². The third-order valence-electron chi connectivity index (χ3n) is 4.08. The second-order valence-electron chi connectivity index (χ2n) is 5.15. The van der Waals surface area contributed by atoms with Gasteiger partial charge in [0.15, 0.2) is 5.79 Å². The highest BCUT2D eigenvalue weighted by Gasteiger charge is 2.48. The molecule has 1 atom stereocenters. The third-order valence-corrected chi connectivity index (χ3v) is 4.69. The molecule has 18 heavy (non-hydrogen) atoms. The molecule has 1 aromatic heterocycles. The second-order valence-corrected chi connectivity index (χ2v) is 5.80. The number of nitrogens with zero attached hydrogens (tertiary/aromatic N) is 1. The van der Waals surface area contributed by atoms with E-state index in [-0.39, 0.29) is 6.04 Å². The SMILES string of the molecule is NC(c1cnsc1)C1(O)CCC2(CC1)OCCO2. The van der Waals surface area contributed by atoms with E-state index in [0.29, 0.717) is 38.9 Å². The predicted octanol–water partition coefficient (Wildman–Crippen LogP) is 1.19. The van der Waals surface area contributed by atoms with Gasteiger partial charge in [-0.3, -0.25) is 0 Å². The van der Waals surface area contributed by atoms with Gasteiger partial charge in [0.05, 0.1) is 24.9 Å². The molecule has 0 bridgehead atoms. The molecule has 1 aromatic rings. The minimum absolute atomic E-state index is 0.380. The molecule has 1 saturated carbocycles. The van der Waals surface area contributed by atoms with Crippen LogP contribution in [0, 0.1) is 0 Å². The van der Waals surface area contributed by atoms with Crippen molar-refractivity contribution in [3.8, 4) is 0 Å². The van der Waals surface area contributed by atoms with Crippen molar-refractivity contribution in [2.75, 3.05) is 13.2 Å². The average Bonchev–Trinajstić information content (AvgIpc) is 3.05. The summed E-state index contributed by atoms with van der Waals surface area (Å²) in [6, 6.07) is -0.380. The Morgan fingerprint density at radius 3 is 2.50 bits per heavy atom. The molecule has 3 rings (SSSR count). The zero-order valence-electron chi connectivity index (χ0n) is 10.2. The number of ether oxygens (including phenoxy) is 2. The van der Waals surface area contributed by atoms with E-state index in [4.69, 9.17) is 15.2 Å². The fourth-order valence-electron chi connectivity index (χ4n) is 2.84. The first-order valence-electron chi connectivity index (χ1n) is 6.29. The monoisotopic (exact) mass is 270 g/mol. The molecule has 6 heteroatoms. The van der Waals surface area contributed by atoms with Gasteiger partial charge < -0.3 is 20.3 Å². The van der Waals surface area contributed by atoms with Gasteiger partial charge in [-0.05, 0) is 24.4 Å². The molecular formula is C12H18N2O3S. The lowest BCUT2D eigenvalue weighted by molar-refractivity contribution is -0.205. The van der Waals surface area contributed by atoms with Crippen molar-refractivity contribution < 1.29 is 14.6 Å². The molecule has 0 amide bonds. The fourth-order valence-corrected chi connectivity index (χ4v) is 3.41. The van der Waals surface area contributed by atoms with E-state index in [2.05, 4.69) is 4.37 Å².